The predicted octanol–water partition coefficient (Wildman–Crippen LogP) is 0.188. The first-order chi connectivity index (χ1) is 9.30. The quantitative estimate of drug-likeness (QED) is 0.778. The molecule has 0 aromatic rings. The van der Waals surface area contributed by atoms with Gasteiger partial charge in [0, 0.05) is 19.1 Å². The molecule has 7 heteroatoms. The van der Waals surface area contributed by atoms with E-state index in [-0.39, 0.29) is 11.9 Å². The van der Waals surface area contributed by atoms with Crippen LogP contribution in [0.5, 0.6) is 0 Å². The largest absolute Gasteiger partial charge is 0.341 e. The smallest absolute Gasteiger partial charge is 0.242 e. The van der Waals surface area contributed by atoms with E-state index in [2.05, 4.69) is 4.72 Å². The highest BCUT2D eigenvalue weighted by molar-refractivity contribution is 7.88. The number of hydrogen-bond donors (Lipinski definition) is 2. The summed E-state index contributed by atoms with van der Waals surface area (Å²) in [5.74, 6) is 0.0509. The monoisotopic (exact) mass is 303 g/mol. The summed E-state index contributed by atoms with van der Waals surface area (Å²) < 4.78 is 25.0. The Morgan fingerprint density at radius 1 is 1.20 bits per heavy atom. The number of piperidine rings is 1. The number of amides is 1. The normalized spacial score (nSPS) is 24.6. The molecule has 1 aliphatic carbocycles. The van der Waals surface area contributed by atoms with Crippen LogP contribution >= 0.6 is 0 Å². The molecule has 1 saturated carbocycles. The van der Waals surface area contributed by atoms with E-state index >= 15 is 0 Å². The highest BCUT2D eigenvalue weighted by Crippen LogP contribution is 2.28. The Morgan fingerprint density at radius 2 is 1.75 bits per heavy atom. The van der Waals surface area contributed by atoms with Gasteiger partial charge in [0.15, 0.2) is 0 Å². The van der Waals surface area contributed by atoms with Gasteiger partial charge in [-0.05, 0) is 25.7 Å². The standard InChI is InChI=1S/C13H25N3O3S/c1-20(18,19)15-11-5-9-16(10-6-11)12(17)13(14)7-3-2-4-8-13/h11,15H,2-10,14H2,1H3. The van der Waals surface area contributed by atoms with E-state index in [4.69, 9.17) is 5.73 Å². The van der Waals surface area contributed by atoms with Crippen molar-refractivity contribution in [3.05, 3.63) is 0 Å². The lowest BCUT2D eigenvalue weighted by molar-refractivity contribution is -0.139. The van der Waals surface area contributed by atoms with E-state index in [9.17, 15) is 13.2 Å². The van der Waals surface area contributed by atoms with E-state index in [0.717, 1.165) is 32.1 Å². The zero-order chi connectivity index (χ0) is 14.8. The van der Waals surface area contributed by atoms with Crippen LogP contribution in [0.15, 0.2) is 0 Å². The van der Waals surface area contributed by atoms with Gasteiger partial charge in [-0.1, -0.05) is 19.3 Å². The van der Waals surface area contributed by atoms with E-state index in [1.165, 1.54) is 6.26 Å². The topological polar surface area (TPSA) is 92.5 Å². The fourth-order valence-electron chi connectivity index (χ4n) is 3.21. The molecule has 1 amide bonds. The molecular weight excluding hydrogens is 278 g/mol. The maximum absolute atomic E-state index is 12.5. The van der Waals surface area contributed by atoms with Crippen LogP contribution in [-0.2, 0) is 14.8 Å². The summed E-state index contributed by atoms with van der Waals surface area (Å²) in [5.41, 5.74) is 5.58. The van der Waals surface area contributed by atoms with Crippen molar-refractivity contribution in [2.24, 2.45) is 5.73 Å². The third kappa shape index (κ3) is 3.93. The fraction of sp³-hybridized carbons (Fsp3) is 0.923. The number of sulfonamides is 1. The SMILES string of the molecule is CS(=O)(=O)NC1CCN(C(=O)C2(N)CCCCC2)CC1. The molecule has 6 nitrogen and oxygen atoms in total. The van der Waals surface area contributed by atoms with Crippen LogP contribution in [-0.4, -0.2) is 50.2 Å². The zero-order valence-corrected chi connectivity index (χ0v) is 12.9. The van der Waals surface area contributed by atoms with Gasteiger partial charge in [-0.15, -0.1) is 0 Å². The molecule has 0 aromatic carbocycles. The summed E-state index contributed by atoms with van der Waals surface area (Å²) in [4.78, 5) is 14.3. The second-order valence-electron chi connectivity index (χ2n) is 6.17. The van der Waals surface area contributed by atoms with Crippen molar-refractivity contribution < 1.29 is 13.2 Å². The van der Waals surface area contributed by atoms with Gasteiger partial charge >= 0.3 is 0 Å². The average molecular weight is 303 g/mol. The maximum atomic E-state index is 12.5. The van der Waals surface area contributed by atoms with Crippen LogP contribution in [0, 0.1) is 0 Å². The van der Waals surface area contributed by atoms with Gasteiger partial charge in [0.2, 0.25) is 15.9 Å². The van der Waals surface area contributed by atoms with Crippen LogP contribution in [0.1, 0.15) is 44.9 Å². The summed E-state index contributed by atoms with van der Waals surface area (Å²) >= 11 is 0. The molecule has 1 aliphatic heterocycles. The van der Waals surface area contributed by atoms with Crippen molar-refractivity contribution in [1.29, 1.82) is 0 Å². The molecule has 0 unspecified atom stereocenters. The fourth-order valence-corrected chi connectivity index (χ4v) is 4.06. The Bertz CT molecular complexity index is 449. The number of nitrogens with zero attached hydrogens (tertiary/aromatic N) is 1. The Hall–Kier alpha value is -0.660. The third-order valence-electron chi connectivity index (χ3n) is 4.33. The minimum absolute atomic E-state index is 0.0509. The Labute approximate surface area is 121 Å². The molecule has 116 valence electrons. The van der Waals surface area contributed by atoms with Gasteiger partial charge in [0.25, 0.3) is 0 Å². The molecule has 20 heavy (non-hydrogen) atoms. The van der Waals surface area contributed by atoms with Crippen LogP contribution in [0.4, 0.5) is 0 Å². The minimum atomic E-state index is -3.17. The Kier molecular flexibility index (Phi) is 4.71. The Balaban J connectivity index is 1.88. The van der Waals surface area contributed by atoms with E-state index < -0.39 is 15.6 Å². The number of carbonyl (C=O) groups is 1. The molecular formula is C13H25N3O3S. The summed E-state index contributed by atoms with van der Waals surface area (Å²) in [7, 11) is -3.17. The lowest BCUT2D eigenvalue weighted by atomic mass is 9.81. The van der Waals surface area contributed by atoms with Gasteiger partial charge in [-0.25, -0.2) is 13.1 Å². The highest BCUT2D eigenvalue weighted by atomic mass is 32.2. The van der Waals surface area contributed by atoms with Crippen molar-refractivity contribution in [2.75, 3.05) is 19.3 Å². The molecule has 2 aliphatic rings. The summed E-state index contributed by atoms with van der Waals surface area (Å²) in [6.07, 6.45) is 7.24. The van der Waals surface area contributed by atoms with Crippen LogP contribution in [0.2, 0.25) is 0 Å². The summed E-state index contributed by atoms with van der Waals surface area (Å²) in [6, 6.07) is -0.0610. The number of nitrogens with two attached hydrogens (primary N) is 1. The first-order valence-corrected chi connectivity index (χ1v) is 9.25. The van der Waals surface area contributed by atoms with Crippen molar-refractivity contribution >= 4 is 15.9 Å². The highest BCUT2D eigenvalue weighted by Gasteiger charge is 2.39. The van der Waals surface area contributed by atoms with Crippen molar-refractivity contribution in [3.8, 4) is 0 Å². The van der Waals surface area contributed by atoms with Crippen molar-refractivity contribution in [3.63, 3.8) is 0 Å². The summed E-state index contributed by atoms with van der Waals surface area (Å²) in [6.45, 7) is 1.18. The molecule has 2 fully saturated rings. The van der Waals surface area contributed by atoms with Gasteiger partial charge < -0.3 is 10.6 Å². The van der Waals surface area contributed by atoms with Crippen molar-refractivity contribution in [2.45, 2.75) is 56.5 Å². The van der Waals surface area contributed by atoms with Crippen LogP contribution in [0.25, 0.3) is 0 Å². The first kappa shape index (κ1) is 15.7. The number of hydrogen-bond acceptors (Lipinski definition) is 4. The minimum Gasteiger partial charge on any atom is -0.341 e. The first-order valence-electron chi connectivity index (χ1n) is 7.36. The number of nitrogens with one attached hydrogen (secondary N) is 1. The van der Waals surface area contributed by atoms with Gasteiger partial charge in [-0.3, -0.25) is 4.79 Å². The molecule has 0 aromatic heterocycles. The molecule has 0 bridgehead atoms. The van der Waals surface area contributed by atoms with Crippen LogP contribution in [0.3, 0.4) is 0 Å². The van der Waals surface area contributed by atoms with Gasteiger partial charge in [0.1, 0.15) is 0 Å². The third-order valence-corrected chi connectivity index (χ3v) is 5.10. The number of likely N-dealkylation sites (tertiary alicyclic amines) is 1. The van der Waals surface area contributed by atoms with Gasteiger partial charge in [-0.2, -0.15) is 0 Å². The molecule has 0 atom stereocenters. The lowest BCUT2D eigenvalue weighted by Crippen LogP contribution is -2.58. The van der Waals surface area contributed by atoms with Gasteiger partial charge in [0.05, 0.1) is 11.8 Å². The molecule has 1 heterocycles. The average Bonchev–Trinajstić information content (AvgIpc) is 2.38. The van der Waals surface area contributed by atoms with E-state index in [1.54, 1.807) is 0 Å². The molecule has 1 saturated heterocycles. The van der Waals surface area contributed by atoms with Crippen molar-refractivity contribution in [1.82, 2.24) is 9.62 Å². The lowest BCUT2D eigenvalue weighted by Gasteiger charge is -2.40. The molecule has 3 N–H and O–H groups in total. The second kappa shape index (κ2) is 5.99. The predicted molar refractivity (Wildman–Crippen MR) is 77.6 cm³/mol. The summed E-state index contributed by atoms with van der Waals surface area (Å²) in [5, 5.41) is 0. The van der Waals surface area contributed by atoms with Crippen LogP contribution < -0.4 is 10.5 Å². The molecule has 0 radical (unpaired) electrons. The van der Waals surface area contributed by atoms with E-state index in [1.807, 2.05) is 4.90 Å². The number of rotatable bonds is 3. The maximum Gasteiger partial charge on any atom is 0.242 e. The Morgan fingerprint density at radius 3 is 2.25 bits per heavy atom. The molecule has 0 spiro atoms. The molecule has 2 rings (SSSR count). The second-order valence-corrected chi connectivity index (χ2v) is 7.95. The number of carbonyl (C=O) groups excluding carboxylic acids is 1. The zero-order valence-electron chi connectivity index (χ0n) is 12.1. The van der Waals surface area contributed by atoms with E-state index in [0.29, 0.717) is 25.9 Å².